The number of nitro groups is 1. The maximum absolute atomic E-state index is 10.3. The molecule has 11 heavy (non-hydrogen) atoms. The Balaban J connectivity index is 3.11. The molecule has 0 amide bonds. The van der Waals surface area contributed by atoms with Crippen LogP contribution >= 0.6 is 27.5 Å². The van der Waals surface area contributed by atoms with Crippen LogP contribution in [0.4, 0.5) is 0 Å². The molecule has 0 aromatic heterocycles. The summed E-state index contributed by atoms with van der Waals surface area (Å²) >= 11 is 8.48. The van der Waals surface area contributed by atoms with E-state index in [1.165, 1.54) is 12.2 Å². The van der Waals surface area contributed by atoms with Gasteiger partial charge >= 0.3 is 5.70 Å². The smallest absolute Gasteiger partial charge is 0.246 e. The van der Waals surface area contributed by atoms with E-state index in [4.69, 9.17) is 11.6 Å². The molecule has 1 aliphatic carbocycles. The van der Waals surface area contributed by atoms with Crippen LogP contribution in [0.3, 0.4) is 0 Å². The molecule has 0 aromatic carbocycles. The van der Waals surface area contributed by atoms with E-state index in [0.717, 1.165) is 0 Å². The average molecular weight is 235 g/mol. The van der Waals surface area contributed by atoms with Crippen LogP contribution in [-0.2, 0) is 0 Å². The molecule has 0 aromatic rings. The summed E-state index contributed by atoms with van der Waals surface area (Å²) in [5.41, 5.74) is -0.0718. The maximum atomic E-state index is 10.3. The van der Waals surface area contributed by atoms with E-state index in [1.54, 1.807) is 0 Å². The van der Waals surface area contributed by atoms with E-state index in [1.807, 2.05) is 0 Å². The third-order valence-corrected chi connectivity index (χ3v) is 1.89. The minimum absolute atomic E-state index is 0.0718. The van der Waals surface area contributed by atoms with Crippen molar-refractivity contribution in [2.75, 3.05) is 0 Å². The second kappa shape index (κ2) is 3.13. The molecule has 0 radical (unpaired) electrons. The molecule has 3 nitrogen and oxygen atoms in total. The van der Waals surface area contributed by atoms with Crippen LogP contribution in [-0.4, -0.2) is 4.92 Å². The van der Waals surface area contributed by atoms with Crippen LogP contribution in [0.1, 0.15) is 0 Å². The van der Waals surface area contributed by atoms with E-state index < -0.39 is 4.92 Å². The molecule has 0 saturated heterocycles. The fourth-order valence-corrected chi connectivity index (χ4v) is 1.11. The highest BCUT2D eigenvalue weighted by atomic mass is 79.9. The fraction of sp³-hybridized carbons (Fsp3) is 0. The molecule has 0 spiro atoms. The van der Waals surface area contributed by atoms with Gasteiger partial charge in [-0.1, -0.05) is 0 Å². The molecule has 0 heterocycles. The van der Waals surface area contributed by atoms with Crippen LogP contribution in [0.15, 0.2) is 27.4 Å². The lowest BCUT2D eigenvalue weighted by Crippen LogP contribution is -1.99. The Morgan fingerprint density at radius 1 is 1.73 bits per heavy atom. The Kier molecular flexibility index (Phi) is 2.39. The first kappa shape index (κ1) is 8.40. The molecule has 1 rings (SSSR count). The summed E-state index contributed by atoms with van der Waals surface area (Å²) in [7, 11) is 0. The summed E-state index contributed by atoms with van der Waals surface area (Å²) in [6, 6.07) is 0. The summed E-state index contributed by atoms with van der Waals surface area (Å²) in [4.78, 5) is 9.75. The Morgan fingerprint density at radius 2 is 2.36 bits per heavy atom. The summed E-state index contributed by atoms with van der Waals surface area (Å²) in [6.45, 7) is 0. The molecule has 0 bridgehead atoms. The zero-order valence-corrected chi connectivity index (χ0v) is 7.52. The van der Waals surface area contributed by atoms with E-state index in [-0.39, 0.29) is 5.70 Å². The van der Waals surface area contributed by atoms with Gasteiger partial charge in [0, 0.05) is 27.5 Å². The van der Waals surface area contributed by atoms with Gasteiger partial charge in [0.1, 0.15) is 17.1 Å². The van der Waals surface area contributed by atoms with Gasteiger partial charge in [-0.3, -0.25) is 0 Å². The molecule has 5 heteroatoms. The zero-order valence-electron chi connectivity index (χ0n) is 5.17. The van der Waals surface area contributed by atoms with Gasteiger partial charge < -0.3 is 0 Å². The van der Waals surface area contributed by atoms with Crippen LogP contribution in [0.2, 0.25) is 0 Å². The summed E-state index contributed by atoms with van der Waals surface area (Å²) in [6.07, 6.45) is 5.32. The van der Waals surface area contributed by atoms with Gasteiger partial charge in [-0.25, -0.2) is 10.1 Å². The third-order valence-electron chi connectivity index (χ3n) is 1.03. The molecule has 0 unspecified atom stereocenters. The lowest BCUT2D eigenvalue weighted by molar-refractivity contribution is -0.419. The highest BCUT2D eigenvalue weighted by Crippen LogP contribution is 2.23. The van der Waals surface area contributed by atoms with Gasteiger partial charge in [-0.05, 0) is 0 Å². The van der Waals surface area contributed by atoms with Crippen molar-refractivity contribution < 1.29 is 4.92 Å². The van der Waals surface area contributed by atoms with Crippen molar-refractivity contribution in [1.29, 1.82) is 0 Å². The van der Waals surface area contributed by atoms with Crippen molar-refractivity contribution in [1.82, 2.24) is 0 Å². The molecule has 56 valence electrons. The quantitative estimate of drug-likeness (QED) is 0.398. The van der Waals surface area contributed by atoms with Crippen LogP contribution in [0, 0.1) is 16.2 Å². The van der Waals surface area contributed by atoms with E-state index >= 15 is 0 Å². The minimum Gasteiger partial charge on any atom is -0.246 e. The second-order valence-corrected chi connectivity index (χ2v) is 3.00. The van der Waals surface area contributed by atoms with Crippen molar-refractivity contribution in [3.05, 3.63) is 43.6 Å². The SMILES string of the molecule is O=[N+]([O-])C1=C(Br)[C+]=CC(Cl)=C1. The monoisotopic (exact) mass is 234 g/mol. The predicted molar refractivity (Wildman–Crippen MR) is 44.7 cm³/mol. The number of rotatable bonds is 1. The standard InChI is InChI=1S/C6H2BrClNO2/c7-5-2-1-4(8)3-6(5)9(10)11/h1,3H/q+1. The molecule has 0 atom stereocenters. The van der Waals surface area contributed by atoms with Crippen molar-refractivity contribution in [2.24, 2.45) is 0 Å². The Labute approximate surface area is 76.3 Å². The number of allylic oxidation sites excluding steroid dienone is 5. The summed E-state index contributed by atoms with van der Waals surface area (Å²) in [5, 5.41) is 10.6. The Bertz CT molecular complexity index is 293. The first-order valence-electron chi connectivity index (χ1n) is 2.62. The van der Waals surface area contributed by atoms with E-state index in [9.17, 15) is 10.1 Å². The van der Waals surface area contributed by atoms with Crippen molar-refractivity contribution in [3.63, 3.8) is 0 Å². The van der Waals surface area contributed by atoms with Crippen molar-refractivity contribution >= 4 is 27.5 Å². The predicted octanol–water partition coefficient (Wildman–Crippen LogP) is 2.37. The second-order valence-electron chi connectivity index (χ2n) is 1.77. The van der Waals surface area contributed by atoms with Gasteiger partial charge in [0.25, 0.3) is 4.48 Å². The topological polar surface area (TPSA) is 43.1 Å². The Hall–Kier alpha value is -0.700. The normalized spacial score (nSPS) is 16.0. The van der Waals surface area contributed by atoms with Gasteiger partial charge in [0.15, 0.2) is 5.03 Å². The van der Waals surface area contributed by atoms with E-state index in [0.29, 0.717) is 9.51 Å². The van der Waals surface area contributed by atoms with Crippen molar-refractivity contribution in [2.45, 2.75) is 0 Å². The molecule has 1 aliphatic rings. The van der Waals surface area contributed by atoms with Gasteiger partial charge in [0.2, 0.25) is 0 Å². The van der Waals surface area contributed by atoms with Crippen LogP contribution in [0.5, 0.6) is 0 Å². The first-order chi connectivity index (χ1) is 5.11. The average Bonchev–Trinajstić information content (AvgIpc) is 1.94. The summed E-state index contributed by atoms with van der Waals surface area (Å²) < 4.78 is 0.312. The highest BCUT2D eigenvalue weighted by Gasteiger charge is 2.26. The number of halogens is 2. The molecule has 0 saturated carbocycles. The number of hydrogen-bond donors (Lipinski definition) is 0. The van der Waals surface area contributed by atoms with Crippen LogP contribution < -0.4 is 0 Å². The zero-order chi connectivity index (χ0) is 8.43. The van der Waals surface area contributed by atoms with Crippen molar-refractivity contribution in [3.8, 4) is 0 Å². The minimum atomic E-state index is -0.521. The first-order valence-corrected chi connectivity index (χ1v) is 3.79. The fourth-order valence-electron chi connectivity index (χ4n) is 0.575. The number of hydrogen-bond acceptors (Lipinski definition) is 2. The summed E-state index contributed by atoms with van der Waals surface area (Å²) in [5.74, 6) is 0. The molecule has 0 aliphatic heterocycles. The van der Waals surface area contributed by atoms with Crippen LogP contribution in [0.25, 0.3) is 0 Å². The highest BCUT2D eigenvalue weighted by molar-refractivity contribution is 9.11. The van der Waals surface area contributed by atoms with Gasteiger partial charge in [-0.15, -0.1) is 0 Å². The lowest BCUT2D eigenvalue weighted by atomic mass is 10.2. The van der Waals surface area contributed by atoms with Gasteiger partial charge in [-0.2, -0.15) is 0 Å². The van der Waals surface area contributed by atoms with E-state index in [2.05, 4.69) is 22.0 Å². The maximum Gasteiger partial charge on any atom is 0.394 e. The molecular weight excluding hydrogens is 233 g/mol. The number of nitrogens with zero attached hydrogens (tertiary/aromatic N) is 1. The van der Waals surface area contributed by atoms with Gasteiger partial charge in [0.05, 0.1) is 6.08 Å². The largest absolute Gasteiger partial charge is 0.394 e. The lowest BCUT2D eigenvalue weighted by Gasteiger charge is -1.88. The third kappa shape index (κ3) is 1.87. The Morgan fingerprint density at radius 3 is 2.82 bits per heavy atom. The molecule has 0 fully saturated rings. The molecular formula is C6H2BrClNO2+. The molecule has 0 N–H and O–H groups in total.